The lowest BCUT2D eigenvalue weighted by molar-refractivity contribution is -0.111. The minimum atomic E-state index is -0.389. The van der Waals surface area contributed by atoms with Gasteiger partial charge in [-0.1, -0.05) is 40.9 Å². The molecular weight excluding hydrogens is 395 g/mol. The highest BCUT2D eigenvalue weighted by atomic mass is 35.5. The van der Waals surface area contributed by atoms with Gasteiger partial charge in [0, 0.05) is 17.7 Å². The van der Waals surface area contributed by atoms with Crippen LogP contribution >= 0.6 is 34.8 Å². The van der Waals surface area contributed by atoms with E-state index in [1.165, 1.54) is 12.1 Å². The fraction of sp³-hybridized carbons (Fsp3) is 0.158. The van der Waals surface area contributed by atoms with Crippen molar-refractivity contribution in [2.45, 2.75) is 19.9 Å². The Morgan fingerprint density at radius 1 is 0.962 bits per heavy atom. The van der Waals surface area contributed by atoms with Gasteiger partial charge in [-0.2, -0.15) is 0 Å². The van der Waals surface area contributed by atoms with E-state index in [0.717, 1.165) is 5.56 Å². The first-order chi connectivity index (χ1) is 12.3. The van der Waals surface area contributed by atoms with Crippen molar-refractivity contribution in [1.29, 1.82) is 0 Å². The number of hydrogen-bond donors (Lipinski definition) is 2. The van der Waals surface area contributed by atoms with Crippen LogP contribution in [-0.2, 0) is 4.79 Å². The van der Waals surface area contributed by atoms with Gasteiger partial charge in [0.2, 0.25) is 5.91 Å². The maximum atomic E-state index is 12.1. The molecule has 0 unspecified atom stereocenters. The molecule has 0 bridgehead atoms. The molecule has 0 atom stereocenters. The highest BCUT2D eigenvalue weighted by Gasteiger charge is 2.11. The molecule has 136 valence electrons. The van der Waals surface area contributed by atoms with Crippen LogP contribution in [0.5, 0.6) is 0 Å². The summed E-state index contributed by atoms with van der Waals surface area (Å²) in [5.74, 6) is -0.627. The molecule has 2 aromatic rings. The Balaban J connectivity index is 2.11. The molecule has 4 nitrogen and oxygen atoms in total. The molecule has 2 amide bonds. The number of amides is 2. The third-order valence-electron chi connectivity index (χ3n) is 3.28. The molecule has 0 fully saturated rings. The summed E-state index contributed by atoms with van der Waals surface area (Å²) in [4.78, 5) is 24.2. The molecule has 0 saturated heterocycles. The molecule has 0 saturated carbocycles. The van der Waals surface area contributed by atoms with E-state index in [1.807, 2.05) is 13.8 Å². The van der Waals surface area contributed by atoms with E-state index in [0.29, 0.717) is 26.3 Å². The predicted octanol–water partition coefficient (Wildman–Crippen LogP) is 5.44. The van der Waals surface area contributed by atoms with E-state index in [4.69, 9.17) is 34.8 Å². The Morgan fingerprint density at radius 2 is 1.65 bits per heavy atom. The summed E-state index contributed by atoms with van der Waals surface area (Å²) in [6.45, 7) is 3.73. The summed E-state index contributed by atoms with van der Waals surface area (Å²) in [6, 6.07) is 9.74. The summed E-state index contributed by atoms with van der Waals surface area (Å²) in [5.41, 5.74) is 1.49. The van der Waals surface area contributed by atoms with Crippen LogP contribution in [0.1, 0.15) is 29.8 Å². The van der Waals surface area contributed by atoms with Crippen molar-refractivity contribution < 1.29 is 9.59 Å². The lowest BCUT2D eigenvalue weighted by Crippen LogP contribution is -2.30. The zero-order chi connectivity index (χ0) is 19.3. The number of anilines is 1. The Bertz CT molecular complexity index is 864. The van der Waals surface area contributed by atoms with Crippen LogP contribution in [0.25, 0.3) is 6.08 Å². The Kier molecular flexibility index (Phi) is 7.09. The molecular formula is C19H17Cl3N2O2. The molecule has 0 heterocycles. The second kappa shape index (κ2) is 9.08. The summed E-state index contributed by atoms with van der Waals surface area (Å²) < 4.78 is 0. The fourth-order valence-corrected chi connectivity index (χ4v) is 2.54. The monoisotopic (exact) mass is 410 g/mol. The SMILES string of the molecule is CC(C)NC(=O)c1ccc(Cl)c(NC(=O)/C=C/c2ccc(Cl)c(Cl)c2)c1. The first-order valence-electron chi connectivity index (χ1n) is 7.81. The average Bonchev–Trinajstić information content (AvgIpc) is 2.57. The average molecular weight is 412 g/mol. The van der Waals surface area contributed by atoms with Gasteiger partial charge in [-0.25, -0.2) is 0 Å². The molecule has 7 heteroatoms. The van der Waals surface area contributed by atoms with Gasteiger partial charge in [-0.3, -0.25) is 9.59 Å². The van der Waals surface area contributed by atoms with Gasteiger partial charge in [0.25, 0.3) is 5.91 Å². The van der Waals surface area contributed by atoms with Gasteiger partial charge in [0.1, 0.15) is 0 Å². The highest BCUT2D eigenvalue weighted by Crippen LogP contribution is 2.24. The van der Waals surface area contributed by atoms with Gasteiger partial charge in [0.05, 0.1) is 20.8 Å². The Hall–Kier alpha value is -2.01. The normalized spacial score (nSPS) is 11.0. The predicted molar refractivity (Wildman–Crippen MR) is 108 cm³/mol. The molecule has 2 N–H and O–H groups in total. The van der Waals surface area contributed by atoms with Crippen LogP contribution in [0, 0.1) is 0 Å². The van der Waals surface area contributed by atoms with Gasteiger partial charge < -0.3 is 10.6 Å². The van der Waals surface area contributed by atoms with Crippen molar-refractivity contribution in [3.05, 3.63) is 68.7 Å². The molecule has 0 aliphatic rings. The van der Waals surface area contributed by atoms with Gasteiger partial charge in [-0.15, -0.1) is 0 Å². The maximum Gasteiger partial charge on any atom is 0.251 e. The van der Waals surface area contributed by atoms with E-state index in [1.54, 1.807) is 36.4 Å². The van der Waals surface area contributed by atoms with Crippen LogP contribution in [-0.4, -0.2) is 17.9 Å². The lowest BCUT2D eigenvalue weighted by atomic mass is 10.1. The number of nitrogens with one attached hydrogen (secondary N) is 2. The van der Waals surface area contributed by atoms with Crippen LogP contribution in [0.15, 0.2) is 42.5 Å². The third-order valence-corrected chi connectivity index (χ3v) is 4.35. The molecule has 2 aromatic carbocycles. The minimum absolute atomic E-state index is 0.00496. The van der Waals surface area contributed by atoms with Crippen LogP contribution in [0.3, 0.4) is 0 Å². The van der Waals surface area contributed by atoms with Crippen molar-refractivity contribution in [2.75, 3.05) is 5.32 Å². The first-order valence-corrected chi connectivity index (χ1v) is 8.94. The second-order valence-electron chi connectivity index (χ2n) is 5.82. The number of hydrogen-bond acceptors (Lipinski definition) is 2. The van der Waals surface area contributed by atoms with Crippen LogP contribution in [0.2, 0.25) is 15.1 Å². The van der Waals surface area contributed by atoms with Gasteiger partial charge >= 0.3 is 0 Å². The number of carbonyl (C=O) groups is 2. The molecule has 0 spiro atoms. The molecule has 26 heavy (non-hydrogen) atoms. The van der Waals surface area contributed by atoms with Crippen LogP contribution in [0.4, 0.5) is 5.69 Å². The van der Waals surface area contributed by atoms with Gasteiger partial charge in [0.15, 0.2) is 0 Å². The lowest BCUT2D eigenvalue weighted by Gasteiger charge is -2.11. The molecule has 2 rings (SSSR count). The van der Waals surface area contributed by atoms with Crippen molar-refractivity contribution in [1.82, 2.24) is 5.32 Å². The van der Waals surface area contributed by atoms with Gasteiger partial charge in [-0.05, 0) is 55.8 Å². The van der Waals surface area contributed by atoms with Crippen molar-refractivity contribution >= 4 is 58.4 Å². The zero-order valence-corrected chi connectivity index (χ0v) is 16.4. The third kappa shape index (κ3) is 5.77. The zero-order valence-electron chi connectivity index (χ0n) is 14.1. The highest BCUT2D eigenvalue weighted by molar-refractivity contribution is 6.42. The molecule has 0 aliphatic carbocycles. The van der Waals surface area contributed by atoms with E-state index in [9.17, 15) is 9.59 Å². The standard InChI is InChI=1S/C19H17Cl3N2O2/c1-11(2)23-19(26)13-5-7-15(21)17(10-13)24-18(25)8-4-12-3-6-14(20)16(22)9-12/h3-11H,1-2H3,(H,23,26)(H,24,25)/b8-4+. The molecule has 0 aromatic heterocycles. The summed E-state index contributed by atoms with van der Waals surface area (Å²) in [7, 11) is 0. The largest absolute Gasteiger partial charge is 0.350 e. The Labute approximate surface area is 167 Å². The maximum absolute atomic E-state index is 12.1. The van der Waals surface area contributed by atoms with Crippen molar-refractivity contribution in [3.63, 3.8) is 0 Å². The van der Waals surface area contributed by atoms with E-state index in [-0.39, 0.29) is 17.9 Å². The number of rotatable bonds is 5. The fourth-order valence-electron chi connectivity index (χ4n) is 2.07. The Morgan fingerprint density at radius 3 is 2.31 bits per heavy atom. The second-order valence-corrected chi connectivity index (χ2v) is 7.04. The van der Waals surface area contributed by atoms with Crippen LogP contribution < -0.4 is 10.6 Å². The van der Waals surface area contributed by atoms with Crippen molar-refractivity contribution in [2.24, 2.45) is 0 Å². The topological polar surface area (TPSA) is 58.2 Å². The number of benzene rings is 2. The summed E-state index contributed by atoms with van der Waals surface area (Å²) in [6.07, 6.45) is 2.94. The quantitative estimate of drug-likeness (QED) is 0.644. The summed E-state index contributed by atoms with van der Waals surface area (Å²) in [5, 5.41) is 6.62. The first kappa shape index (κ1) is 20.3. The number of halogens is 3. The number of carbonyl (C=O) groups excluding carboxylic acids is 2. The smallest absolute Gasteiger partial charge is 0.251 e. The van der Waals surface area contributed by atoms with Crippen molar-refractivity contribution in [3.8, 4) is 0 Å². The molecule has 0 aliphatic heterocycles. The minimum Gasteiger partial charge on any atom is -0.350 e. The summed E-state index contributed by atoms with van der Waals surface area (Å²) >= 11 is 17.9. The van der Waals surface area contributed by atoms with E-state index >= 15 is 0 Å². The van der Waals surface area contributed by atoms with E-state index in [2.05, 4.69) is 10.6 Å². The van der Waals surface area contributed by atoms with E-state index < -0.39 is 0 Å². The molecule has 0 radical (unpaired) electrons.